The van der Waals surface area contributed by atoms with Gasteiger partial charge in [0.2, 0.25) is 0 Å². The van der Waals surface area contributed by atoms with Crippen LogP contribution in [0, 0.1) is 0 Å². The zero-order valence-corrected chi connectivity index (χ0v) is 11.3. The molecule has 104 valence electrons. The van der Waals surface area contributed by atoms with Crippen LogP contribution in [0.25, 0.3) is 0 Å². The fourth-order valence-corrected chi connectivity index (χ4v) is 1.91. The van der Waals surface area contributed by atoms with Gasteiger partial charge in [-0.25, -0.2) is 4.98 Å². The summed E-state index contributed by atoms with van der Waals surface area (Å²) >= 11 is 0. The Kier molecular flexibility index (Phi) is 4.14. The molecule has 0 saturated carbocycles. The molecule has 0 fully saturated rings. The molecule has 2 heterocycles. The lowest BCUT2D eigenvalue weighted by Gasteiger charge is -2.20. The first kappa shape index (κ1) is 13.8. The fourth-order valence-electron chi connectivity index (χ4n) is 1.91. The van der Waals surface area contributed by atoms with Crippen molar-refractivity contribution >= 4 is 17.4 Å². The predicted octanol–water partition coefficient (Wildman–Crippen LogP) is 0.837. The van der Waals surface area contributed by atoms with E-state index in [4.69, 9.17) is 11.5 Å². The number of rotatable bonds is 5. The van der Waals surface area contributed by atoms with Crippen LogP contribution >= 0.6 is 0 Å². The number of hydrogen-bond acceptors (Lipinski definition) is 5. The van der Waals surface area contributed by atoms with Crippen molar-refractivity contribution in [3.05, 3.63) is 47.9 Å². The Morgan fingerprint density at radius 3 is 2.70 bits per heavy atom. The second-order valence-corrected chi connectivity index (χ2v) is 4.53. The lowest BCUT2D eigenvalue weighted by atomic mass is 10.1. The molecule has 6 nitrogen and oxygen atoms in total. The molecule has 0 atom stereocenters. The molecular formula is C14H17N5O. The monoisotopic (exact) mass is 271 g/mol. The lowest BCUT2D eigenvalue weighted by Crippen LogP contribution is -2.25. The van der Waals surface area contributed by atoms with E-state index in [1.54, 1.807) is 18.5 Å². The maximum absolute atomic E-state index is 11.4. The number of primary amides is 1. The summed E-state index contributed by atoms with van der Waals surface area (Å²) in [5, 5.41) is 0. The van der Waals surface area contributed by atoms with Crippen LogP contribution in [0.5, 0.6) is 0 Å². The Labute approximate surface area is 117 Å². The Morgan fingerprint density at radius 2 is 2.05 bits per heavy atom. The summed E-state index contributed by atoms with van der Waals surface area (Å²) in [6.45, 7) is 0.710. The van der Waals surface area contributed by atoms with Gasteiger partial charge >= 0.3 is 0 Å². The average molecular weight is 271 g/mol. The van der Waals surface area contributed by atoms with E-state index >= 15 is 0 Å². The first-order chi connectivity index (χ1) is 9.58. The highest BCUT2D eigenvalue weighted by Gasteiger charge is 2.14. The summed E-state index contributed by atoms with van der Waals surface area (Å²) in [5.41, 5.74) is 12.9. The van der Waals surface area contributed by atoms with E-state index in [0.717, 1.165) is 6.42 Å². The van der Waals surface area contributed by atoms with E-state index in [0.29, 0.717) is 23.6 Å². The smallest absolute Gasteiger partial charge is 0.252 e. The highest BCUT2D eigenvalue weighted by Crippen LogP contribution is 2.18. The zero-order valence-electron chi connectivity index (χ0n) is 11.3. The third kappa shape index (κ3) is 3.23. The third-order valence-electron chi connectivity index (χ3n) is 3.00. The Balaban J connectivity index is 2.13. The van der Waals surface area contributed by atoms with Crippen molar-refractivity contribution in [3.8, 4) is 0 Å². The Morgan fingerprint density at radius 1 is 1.35 bits per heavy atom. The molecule has 2 rings (SSSR count). The van der Waals surface area contributed by atoms with Gasteiger partial charge in [0.15, 0.2) is 0 Å². The highest BCUT2D eigenvalue weighted by atomic mass is 16.1. The molecule has 1 amide bonds. The molecule has 6 heteroatoms. The van der Waals surface area contributed by atoms with Crippen LogP contribution in [0.2, 0.25) is 0 Å². The van der Waals surface area contributed by atoms with E-state index in [1.807, 2.05) is 24.1 Å². The van der Waals surface area contributed by atoms with Gasteiger partial charge in [-0.15, -0.1) is 0 Å². The van der Waals surface area contributed by atoms with Crippen molar-refractivity contribution in [1.82, 2.24) is 9.97 Å². The number of carbonyl (C=O) groups excluding carboxylic acids is 1. The lowest BCUT2D eigenvalue weighted by molar-refractivity contribution is 0.100. The summed E-state index contributed by atoms with van der Waals surface area (Å²) in [5.74, 6) is 0.0105. The maximum Gasteiger partial charge on any atom is 0.252 e. The van der Waals surface area contributed by atoms with Gasteiger partial charge in [-0.2, -0.15) is 0 Å². The van der Waals surface area contributed by atoms with Crippen molar-refractivity contribution in [1.29, 1.82) is 0 Å². The molecule has 0 aliphatic carbocycles. The minimum Gasteiger partial charge on any atom is -0.397 e. The highest BCUT2D eigenvalue weighted by molar-refractivity contribution is 5.98. The number of carbonyl (C=O) groups is 1. The fraction of sp³-hybridized carbons (Fsp3) is 0.214. The van der Waals surface area contributed by atoms with Gasteiger partial charge < -0.3 is 16.4 Å². The largest absolute Gasteiger partial charge is 0.397 e. The summed E-state index contributed by atoms with van der Waals surface area (Å²) in [4.78, 5) is 21.5. The first-order valence-electron chi connectivity index (χ1n) is 6.23. The van der Waals surface area contributed by atoms with Crippen LogP contribution in [0.4, 0.5) is 11.5 Å². The van der Waals surface area contributed by atoms with Crippen LogP contribution in [0.15, 0.2) is 36.8 Å². The van der Waals surface area contributed by atoms with Gasteiger partial charge in [-0.05, 0) is 30.2 Å². The SMILES string of the molecule is CN(CCc1ccncc1)c1ncc(N)cc1C(N)=O. The van der Waals surface area contributed by atoms with Crippen molar-refractivity contribution in [2.75, 3.05) is 24.2 Å². The molecule has 4 N–H and O–H groups in total. The van der Waals surface area contributed by atoms with Gasteiger partial charge in [0.1, 0.15) is 5.82 Å². The van der Waals surface area contributed by atoms with Crippen LogP contribution in [-0.2, 0) is 6.42 Å². The molecule has 0 radical (unpaired) electrons. The molecule has 0 unspecified atom stereocenters. The molecular weight excluding hydrogens is 254 g/mol. The number of nitrogen functional groups attached to an aromatic ring is 1. The van der Waals surface area contributed by atoms with E-state index in [-0.39, 0.29) is 0 Å². The first-order valence-corrected chi connectivity index (χ1v) is 6.23. The Bertz CT molecular complexity index is 600. The van der Waals surface area contributed by atoms with Crippen LogP contribution < -0.4 is 16.4 Å². The van der Waals surface area contributed by atoms with Crippen LogP contribution in [0.1, 0.15) is 15.9 Å². The number of nitrogens with zero attached hydrogens (tertiary/aromatic N) is 3. The van der Waals surface area contributed by atoms with Crippen molar-refractivity contribution in [2.45, 2.75) is 6.42 Å². The quantitative estimate of drug-likeness (QED) is 0.839. The van der Waals surface area contributed by atoms with Crippen molar-refractivity contribution < 1.29 is 4.79 Å². The second kappa shape index (κ2) is 6.01. The van der Waals surface area contributed by atoms with E-state index in [1.165, 1.54) is 11.8 Å². The molecule has 0 aliphatic rings. The number of likely N-dealkylation sites (N-methyl/N-ethyl adjacent to an activating group) is 1. The van der Waals surface area contributed by atoms with Crippen molar-refractivity contribution in [3.63, 3.8) is 0 Å². The molecule has 2 aromatic heterocycles. The number of hydrogen-bond donors (Lipinski definition) is 2. The summed E-state index contributed by atoms with van der Waals surface area (Å²) in [6, 6.07) is 5.46. The van der Waals surface area contributed by atoms with Crippen LogP contribution in [0.3, 0.4) is 0 Å². The van der Waals surface area contributed by atoms with E-state index in [2.05, 4.69) is 9.97 Å². The normalized spacial score (nSPS) is 10.2. The average Bonchev–Trinajstić information content (AvgIpc) is 2.45. The van der Waals surface area contributed by atoms with Gasteiger partial charge in [0.25, 0.3) is 5.91 Å². The minimum atomic E-state index is -0.532. The molecule has 0 aliphatic heterocycles. The summed E-state index contributed by atoms with van der Waals surface area (Å²) in [7, 11) is 1.87. The third-order valence-corrected chi connectivity index (χ3v) is 3.00. The van der Waals surface area contributed by atoms with Gasteiger partial charge in [0.05, 0.1) is 17.4 Å². The summed E-state index contributed by atoms with van der Waals surface area (Å²) in [6.07, 6.45) is 5.85. The number of pyridine rings is 2. The van der Waals surface area contributed by atoms with E-state index < -0.39 is 5.91 Å². The standard InChI is InChI=1S/C14H17N5O/c1-19(7-4-10-2-5-17-6-3-10)14-12(13(16)20)8-11(15)9-18-14/h2-3,5-6,8-9H,4,7,15H2,1H3,(H2,16,20). The van der Waals surface area contributed by atoms with E-state index in [9.17, 15) is 4.79 Å². The number of nitrogens with two attached hydrogens (primary N) is 2. The van der Waals surface area contributed by atoms with Crippen molar-refractivity contribution in [2.24, 2.45) is 5.73 Å². The molecule has 2 aromatic rings. The van der Waals surface area contributed by atoms with Gasteiger partial charge in [0, 0.05) is 26.0 Å². The number of amides is 1. The minimum absolute atomic E-state index is 0.335. The summed E-state index contributed by atoms with van der Waals surface area (Å²) < 4.78 is 0. The number of anilines is 2. The molecule has 0 spiro atoms. The maximum atomic E-state index is 11.4. The topological polar surface area (TPSA) is 98.1 Å². The van der Waals surface area contributed by atoms with Gasteiger partial charge in [-0.1, -0.05) is 0 Å². The zero-order chi connectivity index (χ0) is 14.5. The molecule has 0 aromatic carbocycles. The van der Waals surface area contributed by atoms with Gasteiger partial charge in [-0.3, -0.25) is 9.78 Å². The molecule has 20 heavy (non-hydrogen) atoms. The van der Waals surface area contributed by atoms with Crippen LogP contribution in [-0.4, -0.2) is 29.5 Å². The molecule has 0 saturated heterocycles. The molecule has 0 bridgehead atoms. The predicted molar refractivity (Wildman–Crippen MR) is 78.4 cm³/mol. The second-order valence-electron chi connectivity index (χ2n) is 4.53. The Hall–Kier alpha value is -2.63. The number of aromatic nitrogens is 2.